The molecular formula is C28H16ClF3N2O4. The number of imide groups is 1. The Morgan fingerprint density at radius 1 is 0.842 bits per heavy atom. The molecule has 0 radical (unpaired) electrons. The second kappa shape index (κ2) is 9.68. The fourth-order valence-electron chi connectivity index (χ4n) is 3.94. The smallest absolute Gasteiger partial charge is 0.416 e. The maximum Gasteiger partial charge on any atom is 0.416 e. The average molecular weight is 537 g/mol. The van der Waals surface area contributed by atoms with Gasteiger partial charge >= 0.3 is 12.1 Å². The Morgan fingerprint density at radius 3 is 2.26 bits per heavy atom. The highest BCUT2D eigenvalue weighted by atomic mass is 35.5. The van der Waals surface area contributed by atoms with Crippen molar-refractivity contribution in [2.45, 2.75) is 6.18 Å². The summed E-state index contributed by atoms with van der Waals surface area (Å²) in [4.78, 5) is 38.8. The van der Waals surface area contributed by atoms with Gasteiger partial charge in [-0.15, -0.1) is 0 Å². The summed E-state index contributed by atoms with van der Waals surface area (Å²) in [6.07, 6.45) is -4.66. The SMILES string of the molecule is O=C(Oc1cccc2ccccc12)c1ccc(NC2=C(Cl)C(=O)N(c3cccc(C(F)(F)F)c3)C2=O)cc1. The van der Waals surface area contributed by atoms with Gasteiger partial charge in [-0.1, -0.05) is 54.1 Å². The number of carbonyl (C=O) groups is 3. The molecule has 0 unspecified atom stereocenters. The Bertz CT molecular complexity index is 1630. The maximum absolute atomic E-state index is 13.1. The summed E-state index contributed by atoms with van der Waals surface area (Å²) < 4.78 is 44.9. The Kier molecular flexibility index (Phi) is 6.38. The number of ether oxygens (including phenoxy) is 1. The van der Waals surface area contributed by atoms with Crippen LogP contribution in [-0.2, 0) is 15.8 Å². The number of amides is 2. The van der Waals surface area contributed by atoms with Gasteiger partial charge in [-0.3, -0.25) is 9.59 Å². The Hall–Kier alpha value is -4.63. The first-order valence-electron chi connectivity index (χ1n) is 11.2. The number of carbonyl (C=O) groups excluding carboxylic acids is 3. The van der Waals surface area contributed by atoms with E-state index in [1.807, 2.05) is 30.3 Å². The van der Waals surface area contributed by atoms with E-state index in [1.54, 1.807) is 12.1 Å². The van der Waals surface area contributed by atoms with Crippen LogP contribution in [0, 0.1) is 0 Å². The van der Waals surface area contributed by atoms with E-state index >= 15 is 0 Å². The minimum atomic E-state index is -4.66. The molecule has 4 aromatic carbocycles. The molecule has 0 saturated heterocycles. The second-order valence-corrected chi connectivity index (χ2v) is 8.63. The topological polar surface area (TPSA) is 75.7 Å². The van der Waals surface area contributed by atoms with Crippen LogP contribution in [0.25, 0.3) is 10.8 Å². The molecule has 2 amide bonds. The third kappa shape index (κ3) is 4.71. The minimum absolute atomic E-state index is 0.225. The van der Waals surface area contributed by atoms with E-state index in [0.717, 1.165) is 22.9 Å². The van der Waals surface area contributed by atoms with Gasteiger partial charge in [0.15, 0.2) is 0 Å². The fraction of sp³-hybridized carbons (Fsp3) is 0.0357. The van der Waals surface area contributed by atoms with Gasteiger partial charge in [-0.2, -0.15) is 13.2 Å². The van der Waals surface area contributed by atoms with Crippen LogP contribution in [0.15, 0.2) is 102 Å². The molecule has 0 fully saturated rings. The molecule has 38 heavy (non-hydrogen) atoms. The quantitative estimate of drug-likeness (QED) is 0.179. The molecule has 1 aliphatic rings. The van der Waals surface area contributed by atoms with Crippen molar-refractivity contribution in [1.29, 1.82) is 0 Å². The van der Waals surface area contributed by atoms with Gasteiger partial charge in [-0.25, -0.2) is 9.69 Å². The van der Waals surface area contributed by atoms with Crippen LogP contribution in [0.5, 0.6) is 5.75 Å². The lowest BCUT2D eigenvalue weighted by atomic mass is 10.1. The lowest BCUT2D eigenvalue weighted by molar-refractivity contribution is -0.137. The lowest BCUT2D eigenvalue weighted by Gasteiger charge is -2.17. The first kappa shape index (κ1) is 25.0. The van der Waals surface area contributed by atoms with Crippen LogP contribution in [0.2, 0.25) is 0 Å². The highest BCUT2D eigenvalue weighted by Gasteiger charge is 2.40. The van der Waals surface area contributed by atoms with Crippen molar-refractivity contribution in [3.8, 4) is 5.75 Å². The van der Waals surface area contributed by atoms with Crippen molar-refractivity contribution in [2.75, 3.05) is 10.2 Å². The number of nitrogens with one attached hydrogen (secondary N) is 1. The van der Waals surface area contributed by atoms with Crippen LogP contribution in [-0.4, -0.2) is 17.8 Å². The molecule has 190 valence electrons. The van der Waals surface area contributed by atoms with Crippen LogP contribution in [0.1, 0.15) is 15.9 Å². The highest BCUT2D eigenvalue weighted by Crippen LogP contribution is 2.35. The maximum atomic E-state index is 13.1. The van der Waals surface area contributed by atoms with Gasteiger partial charge in [0.05, 0.1) is 16.8 Å². The summed E-state index contributed by atoms with van der Waals surface area (Å²) >= 11 is 6.08. The normalized spacial score (nSPS) is 13.8. The molecule has 0 bridgehead atoms. The predicted molar refractivity (Wildman–Crippen MR) is 136 cm³/mol. The zero-order valence-corrected chi connectivity index (χ0v) is 20.0. The molecular weight excluding hydrogens is 521 g/mol. The summed E-state index contributed by atoms with van der Waals surface area (Å²) in [6, 6.07) is 22.5. The van der Waals surface area contributed by atoms with E-state index in [1.165, 1.54) is 30.3 Å². The molecule has 10 heteroatoms. The minimum Gasteiger partial charge on any atom is -0.422 e. The van der Waals surface area contributed by atoms with Crippen molar-refractivity contribution in [2.24, 2.45) is 0 Å². The molecule has 1 N–H and O–H groups in total. The number of rotatable bonds is 5. The second-order valence-electron chi connectivity index (χ2n) is 8.25. The molecule has 6 nitrogen and oxygen atoms in total. The van der Waals surface area contributed by atoms with Gasteiger partial charge in [0.25, 0.3) is 11.8 Å². The number of benzene rings is 4. The molecule has 0 atom stereocenters. The zero-order valence-electron chi connectivity index (χ0n) is 19.3. The predicted octanol–water partition coefficient (Wildman–Crippen LogP) is 6.51. The van der Waals surface area contributed by atoms with Gasteiger partial charge < -0.3 is 10.1 Å². The van der Waals surface area contributed by atoms with Crippen molar-refractivity contribution >= 4 is 51.5 Å². The largest absolute Gasteiger partial charge is 0.422 e. The molecule has 0 spiro atoms. The third-order valence-corrected chi connectivity index (χ3v) is 6.15. The molecule has 0 aromatic heterocycles. The van der Waals surface area contributed by atoms with Crippen LogP contribution >= 0.6 is 11.6 Å². The van der Waals surface area contributed by atoms with Crippen LogP contribution in [0.3, 0.4) is 0 Å². The van der Waals surface area contributed by atoms with Gasteiger partial charge in [-0.05, 0) is 53.9 Å². The monoisotopic (exact) mass is 536 g/mol. The van der Waals surface area contributed by atoms with E-state index in [-0.39, 0.29) is 16.9 Å². The molecule has 0 saturated carbocycles. The van der Waals surface area contributed by atoms with E-state index < -0.39 is 34.6 Å². The lowest BCUT2D eigenvalue weighted by Crippen LogP contribution is -2.32. The van der Waals surface area contributed by atoms with Gasteiger partial charge in [0, 0.05) is 11.1 Å². The first-order chi connectivity index (χ1) is 18.1. The number of fused-ring (bicyclic) bond motifs is 1. The number of esters is 1. The summed E-state index contributed by atoms with van der Waals surface area (Å²) in [6.45, 7) is 0. The summed E-state index contributed by atoms with van der Waals surface area (Å²) in [7, 11) is 0. The number of nitrogens with zero attached hydrogens (tertiary/aromatic N) is 1. The molecule has 0 aliphatic carbocycles. The number of halogens is 4. The number of alkyl halides is 3. The molecule has 5 rings (SSSR count). The summed E-state index contributed by atoms with van der Waals surface area (Å²) in [5, 5.41) is 3.93. The Labute approximate surface area is 218 Å². The number of hydrogen-bond donors (Lipinski definition) is 1. The summed E-state index contributed by atoms with van der Waals surface area (Å²) in [5.74, 6) is -2.09. The third-order valence-electron chi connectivity index (χ3n) is 5.80. The van der Waals surface area contributed by atoms with Crippen LogP contribution < -0.4 is 15.0 Å². The zero-order chi connectivity index (χ0) is 27.0. The number of anilines is 2. The fourth-order valence-corrected chi connectivity index (χ4v) is 4.16. The molecule has 4 aromatic rings. The first-order valence-corrected chi connectivity index (χ1v) is 11.5. The Morgan fingerprint density at radius 2 is 1.53 bits per heavy atom. The van der Waals surface area contributed by atoms with Crippen molar-refractivity contribution in [3.05, 3.63) is 113 Å². The van der Waals surface area contributed by atoms with E-state index in [4.69, 9.17) is 16.3 Å². The van der Waals surface area contributed by atoms with Crippen molar-refractivity contribution < 1.29 is 32.3 Å². The van der Waals surface area contributed by atoms with E-state index in [0.29, 0.717) is 22.4 Å². The molecule has 1 aliphatic heterocycles. The van der Waals surface area contributed by atoms with Crippen molar-refractivity contribution in [1.82, 2.24) is 0 Å². The van der Waals surface area contributed by atoms with Gasteiger partial charge in [0.2, 0.25) is 0 Å². The average Bonchev–Trinajstić information content (AvgIpc) is 3.11. The summed E-state index contributed by atoms with van der Waals surface area (Å²) in [5.41, 5.74) is -1.05. The standard InChI is InChI=1S/C28H16ClF3N2O4/c29-23-24(26(36)34(25(23)35)20-8-4-7-18(15-20)28(30,31)32)33-19-13-11-17(12-14-19)27(37)38-22-10-3-6-16-5-1-2-9-21(16)22/h1-15,33H. The highest BCUT2D eigenvalue weighted by molar-refractivity contribution is 6.53. The Balaban J connectivity index is 1.32. The van der Waals surface area contributed by atoms with Crippen molar-refractivity contribution in [3.63, 3.8) is 0 Å². The van der Waals surface area contributed by atoms with Crippen LogP contribution in [0.4, 0.5) is 24.5 Å². The van der Waals surface area contributed by atoms with Gasteiger partial charge in [0.1, 0.15) is 16.5 Å². The number of hydrogen-bond acceptors (Lipinski definition) is 5. The van der Waals surface area contributed by atoms with E-state index in [2.05, 4.69) is 5.32 Å². The van der Waals surface area contributed by atoms with E-state index in [9.17, 15) is 27.6 Å². The molecule has 1 heterocycles.